The third kappa shape index (κ3) is 0.751. The van der Waals surface area contributed by atoms with Gasteiger partial charge in [0.15, 0.2) is 0 Å². The Morgan fingerprint density at radius 1 is 1.55 bits per heavy atom. The number of carbonyl (C=O) groups is 2. The summed E-state index contributed by atoms with van der Waals surface area (Å²) in [6, 6.07) is -0.255. The quantitative estimate of drug-likeness (QED) is 0.509. The average molecular weight is 154 g/mol. The molecule has 0 aliphatic carbocycles. The molecule has 11 heavy (non-hydrogen) atoms. The van der Waals surface area contributed by atoms with E-state index in [1.165, 1.54) is 0 Å². The zero-order valence-electron chi connectivity index (χ0n) is 6.33. The topological polar surface area (TPSA) is 49.4 Å². The molecule has 2 heterocycles. The molecule has 1 N–H and O–H groups in total. The molecule has 2 aliphatic heterocycles. The fourth-order valence-electron chi connectivity index (χ4n) is 1.74. The van der Waals surface area contributed by atoms with Gasteiger partial charge >= 0.3 is 0 Å². The molecular formula is C7H10N2O2. The molecule has 0 saturated carbocycles. The molecule has 0 aromatic heterocycles. The summed E-state index contributed by atoms with van der Waals surface area (Å²) in [5.41, 5.74) is 0. The number of nitrogens with zero attached hydrogens (tertiary/aromatic N) is 1. The van der Waals surface area contributed by atoms with Gasteiger partial charge in [-0.05, 0) is 13.3 Å². The molecule has 0 aromatic carbocycles. The van der Waals surface area contributed by atoms with E-state index in [1.807, 2.05) is 0 Å². The largest absolute Gasteiger partial charge is 0.334 e. The number of nitrogens with one attached hydrogen (secondary N) is 1. The van der Waals surface area contributed by atoms with E-state index in [4.69, 9.17) is 0 Å². The lowest BCUT2D eigenvalue weighted by Gasteiger charge is -2.16. The first-order valence-electron chi connectivity index (χ1n) is 3.81. The maximum Gasteiger partial charge on any atom is 0.244 e. The Balaban J connectivity index is 2.26. The van der Waals surface area contributed by atoms with E-state index in [-0.39, 0.29) is 24.0 Å². The molecule has 2 saturated heterocycles. The summed E-state index contributed by atoms with van der Waals surface area (Å²) in [7, 11) is 0. The van der Waals surface area contributed by atoms with Crippen LogP contribution in [0.1, 0.15) is 19.8 Å². The molecule has 2 unspecified atom stereocenters. The smallest absolute Gasteiger partial charge is 0.244 e. The minimum absolute atomic E-state index is 0.00926. The van der Waals surface area contributed by atoms with E-state index in [0.717, 1.165) is 6.42 Å². The van der Waals surface area contributed by atoms with Crippen molar-refractivity contribution in [2.75, 3.05) is 0 Å². The minimum atomic E-state index is -0.255. The number of hydrogen-bond donors (Lipinski definition) is 1. The van der Waals surface area contributed by atoms with Gasteiger partial charge in [0.1, 0.15) is 12.2 Å². The molecule has 0 radical (unpaired) electrons. The molecule has 0 aromatic rings. The van der Waals surface area contributed by atoms with Crippen molar-refractivity contribution in [3.63, 3.8) is 0 Å². The Kier molecular flexibility index (Phi) is 1.19. The summed E-state index contributed by atoms with van der Waals surface area (Å²) in [6.07, 6.45) is 1.34. The minimum Gasteiger partial charge on any atom is -0.334 e. The van der Waals surface area contributed by atoms with Crippen molar-refractivity contribution in [1.82, 2.24) is 10.2 Å². The van der Waals surface area contributed by atoms with E-state index >= 15 is 0 Å². The van der Waals surface area contributed by atoms with Crippen LogP contribution in [0.3, 0.4) is 0 Å². The highest BCUT2D eigenvalue weighted by Crippen LogP contribution is 2.24. The van der Waals surface area contributed by atoms with Crippen LogP contribution in [0.2, 0.25) is 0 Å². The van der Waals surface area contributed by atoms with E-state index < -0.39 is 0 Å². The molecule has 2 rings (SSSR count). The predicted molar refractivity (Wildman–Crippen MR) is 37.5 cm³/mol. The highest BCUT2D eigenvalue weighted by molar-refractivity contribution is 5.92. The maximum absolute atomic E-state index is 11.1. The fraction of sp³-hybridized carbons (Fsp3) is 0.714. The van der Waals surface area contributed by atoms with Crippen LogP contribution in [0.4, 0.5) is 0 Å². The molecule has 60 valence electrons. The van der Waals surface area contributed by atoms with Gasteiger partial charge in [-0.25, -0.2) is 0 Å². The molecule has 2 atom stereocenters. The van der Waals surface area contributed by atoms with Gasteiger partial charge in [-0.1, -0.05) is 0 Å². The summed E-state index contributed by atoms with van der Waals surface area (Å²) < 4.78 is 0. The molecule has 4 heteroatoms. The van der Waals surface area contributed by atoms with Gasteiger partial charge in [0.05, 0.1) is 0 Å². The van der Waals surface area contributed by atoms with Crippen molar-refractivity contribution in [3.05, 3.63) is 0 Å². The lowest BCUT2D eigenvalue weighted by molar-refractivity contribution is -0.132. The van der Waals surface area contributed by atoms with Gasteiger partial charge in [-0.15, -0.1) is 0 Å². The van der Waals surface area contributed by atoms with Crippen LogP contribution in [0.5, 0.6) is 0 Å². The van der Waals surface area contributed by atoms with Gasteiger partial charge in [-0.3, -0.25) is 9.59 Å². The summed E-state index contributed by atoms with van der Waals surface area (Å²) in [4.78, 5) is 23.8. The molecule has 0 spiro atoms. The van der Waals surface area contributed by atoms with Gasteiger partial charge in [0.25, 0.3) is 0 Å². The van der Waals surface area contributed by atoms with E-state index in [2.05, 4.69) is 5.32 Å². The van der Waals surface area contributed by atoms with E-state index in [1.54, 1.807) is 11.8 Å². The first-order chi connectivity index (χ1) is 5.20. The maximum atomic E-state index is 11.1. The molecule has 2 aliphatic rings. The molecule has 2 fully saturated rings. The van der Waals surface area contributed by atoms with Crippen LogP contribution in [0.15, 0.2) is 0 Å². The first kappa shape index (κ1) is 6.64. The zero-order chi connectivity index (χ0) is 8.01. The lowest BCUT2D eigenvalue weighted by atomic mass is 10.3. The molecule has 0 bridgehead atoms. The Bertz CT molecular complexity index is 226. The molecular weight excluding hydrogens is 144 g/mol. The van der Waals surface area contributed by atoms with Gasteiger partial charge in [0.2, 0.25) is 11.8 Å². The van der Waals surface area contributed by atoms with Gasteiger partial charge in [0, 0.05) is 6.42 Å². The van der Waals surface area contributed by atoms with Crippen LogP contribution in [0.25, 0.3) is 0 Å². The van der Waals surface area contributed by atoms with Crippen LogP contribution in [0, 0.1) is 0 Å². The molecule has 2 amide bonds. The van der Waals surface area contributed by atoms with Crippen LogP contribution in [-0.2, 0) is 9.59 Å². The van der Waals surface area contributed by atoms with Crippen molar-refractivity contribution >= 4 is 11.8 Å². The van der Waals surface area contributed by atoms with Gasteiger partial charge in [-0.2, -0.15) is 0 Å². The van der Waals surface area contributed by atoms with Crippen molar-refractivity contribution in [3.8, 4) is 0 Å². The highest BCUT2D eigenvalue weighted by atomic mass is 16.2. The standard InChI is InChI=1S/C7H10N2O2/c1-4-7(11)8-5-2-3-6(10)9(4)5/h4-5H,2-3H2,1H3,(H,8,11). The lowest BCUT2D eigenvalue weighted by Crippen LogP contribution is -2.35. The van der Waals surface area contributed by atoms with Crippen LogP contribution in [-0.4, -0.2) is 28.9 Å². The zero-order valence-corrected chi connectivity index (χ0v) is 6.33. The summed E-state index contributed by atoms with van der Waals surface area (Å²) in [6.45, 7) is 1.76. The first-order valence-corrected chi connectivity index (χ1v) is 3.81. The third-order valence-electron chi connectivity index (χ3n) is 2.36. The van der Waals surface area contributed by atoms with E-state index in [0.29, 0.717) is 6.42 Å². The Morgan fingerprint density at radius 3 is 2.91 bits per heavy atom. The normalized spacial score (nSPS) is 35.9. The third-order valence-corrected chi connectivity index (χ3v) is 2.36. The average Bonchev–Trinajstić information content (AvgIpc) is 2.41. The summed E-state index contributed by atoms with van der Waals surface area (Å²) >= 11 is 0. The second-order valence-corrected chi connectivity index (χ2v) is 3.04. The van der Waals surface area contributed by atoms with Crippen LogP contribution < -0.4 is 5.32 Å². The van der Waals surface area contributed by atoms with E-state index in [9.17, 15) is 9.59 Å². The number of carbonyl (C=O) groups excluding carboxylic acids is 2. The van der Waals surface area contributed by atoms with Crippen molar-refractivity contribution < 1.29 is 9.59 Å². The fourth-order valence-corrected chi connectivity index (χ4v) is 1.74. The number of fused-ring (bicyclic) bond motifs is 1. The van der Waals surface area contributed by atoms with Crippen LogP contribution >= 0.6 is 0 Å². The Labute approximate surface area is 64.5 Å². The summed E-state index contributed by atoms with van der Waals surface area (Å²) in [5.74, 6) is 0.0731. The monoisotopic (exact) mass is 154 g/mol. The molecule has 4 nitrogen and oxygen atoms in total. The predicted octanol–water partition coefficient (Wildman–Crippen LogP) is -0.547. The second-order valence-electron chi connectivity index (χ2n) is 3.04. The Hall–Kier alpha value is -1.06. The SMILES string of the molecule is CC1C(=O)NC2CCC(=O)N21. The highest BCUT2D eigenvalue weighted by Gasteiger charge is 2.43. The number of amides is 2. The Morgan fingerprint density at radius 2 is 2.27 bits per heavy atom. The number of hydrogen-bond acceptors (Lipinski definition) is 2. The van der Waals surface area contributed by atoms with Crippen molar-refractivity contribution in [2.24, 2.45) is 0 Å². The summed E-state index contributed by atoms with van der Waals surface area (Å²) in [5, 5.41) is 2.76. The number of rotatable bonds is 0. The van der Waals surface area contributed by atoms with Crippen molar-refractivity contribution in [1.29, 1.82) is 0 Å². The van der Waals surface area contributed by atoms with Gasteiger partial charge < -0.3 is 10.2 Å². The van der Waals surface area contributed by atoms with Crippen molar-refractivity contribution in [2.45, 2.75) is 32.0 Å². The second kappa shape index (κ2) is 1.96.